The van der Waals surface area contributed by atoms with E-state index in [-0.39, 0.29) is 0 Å². The van der Waals surface area contributed by atoms with Crippen molar-refractivity contribution in [1.82, 2.24) is 4.57 Å². The van der Waals surface area contributed by atoms with Crippen molar-refractivity contribution in [2.24, 2.45) is 0 Å². The van der Waals surface area contributed by atoms with Crippen LogP contribution in [0.3, 0.4) is 0 Å². The topological polar surface area (TPSA) is 28.7 Å². The Balaban J connectivity index is 1.86. The molecule has 0 bridgehead atoms. The Labute approximate surface area is 152 Å². The molecule has 2 heteroatoms. The number of hydrogen-bond acceptors (Lipinski definition) is 1. The molecule has 0 unspecified atom stereocenters. The first kappa shape index (κ1) is 15.9. The van der Waals surface area contributed by atoms with E-state index in [9.17, 15) is 5.26 Å². The van der Waals surface area contributed by atoms with Gasteiger partial charge in [0, 0.05) is 29.2 Å². The van der Waals surface area contributed by atoms with Crippen LogP contribution >= 0.6 is 0 Å². The molecule has 0 atom stereocenters. The van der Waals surface area contributed by atoms with E-state index in [1.165, 1.54) is 5.39 Å². The first-order valence-electron chi connectivity index (χ1n) is 8.60. The third-order valence-corrected chi connectivity index (χ3v) is 4.63. The average Bonchev–Trinajstić information content (AvgIpc) is 3.04. The molecular formula is C24H18N2. The molecule has 3 aromatic carbocycles. The highest BCUT2D eigenvalue weighted by Gasteiger charge is 2.08. The third kappa shape index (κ3) is 2.81. The van der Waals surface area contributed by atoms with Crippen LogP contribution in [-0.2, 0) is 6.54 Å². The number of para-hydroxylation sites is 1. The highest BCUT2D eigenvalue weighted by Crippen LogP contribution is 2.27. The quantitative estimate of drug-likeness (QED) is 0.330. The van der Waals surface area contributed by atoms with Crippen molar-refractivity contribution in [3.05, 3.63) is 96.7 Å². The Morgan fingerprint density at radius 2 is 1.77 bits per heavy atom. The Morgan fingerprint density at radius 3 is 2.58 bits per heavy atom. The summed E-state index contributed by atoms with van der Waals surface area (Å²) in [5, 5.41) is 13.2. The molecule has 0 amide bonds. The second-order valence-electron chi connectivity index (χ2n) is 6.27. The Bertz CT molecular complexity index is 1190. The molecule has 0 saturated carbocycles. The van der Waals surface area contributed by atoms with Gasteiger partial charge in [0.25, 0.3) is 0 Å². The number of hydrogen-bond donors (Lipinski definition) is 0. The normalized spacial score (nSPS) is 11.6. The summed E-state index contributed by atoms with van der Waals surface area (Å²) in [6, 6.07) is 25.0. The summed E-state index contributed by atoms with van der Waals surface area (Å²) < 4.78 is 2.16. The standard InChI is InChI=1S/C24H18N2/c1-2-13-26-17-22(23-9-5-6-10-24(23)26)15-21(16-25)20-12-11-18-7-3-4-8-19(18)14-20/h2-12,14-15,17H,1,13H2. The summed E-state index contributed by atoms with van der Waals surface area (Å²) in [6.07, 6.45) is 5.95. The number of allylic oxidation sites excluding steroid dienone is 2. The monoisotopic (exact) mass is 334 g/mol. The van der Waals surface area contributed by atoms with Crippen molar-refractivity contribution in [1.29, 1.82) is 5.26 Å². The summed E-state index contributed by atoms with van der Waals surface area (Å²) in [6.45, 7) is 4.58. The van der Waals surface area contributed by atoms with Crippen molar-refractivity contribution in [3.8, 4) is 6.07 Å². The van der Waals surface area contributed by atoms with Crippen LogP contribution in [-0.4, -0.2) is 4.57 Å². The predicted molar refractivity (Wildman–Crippen MR) is 110 cm³/mol. The first-order valence-corrected chi connectivity index (χ1v) is 8.60. The summed E-state index contributed by atoms with van der Waals surface area (Å²) in [5.41, 5.74) is 3.80. The van der Waals surface area contributed by atoms with Crippen LogP contribution < -0.4 is 0 Å². The summed E-state index contributed by atoms with van der Waals surface area (Å²) in [5.74, 6) is 0. The van der Waals surface area contributed by atoms with E-state index in [0.717, 1.165) is 34.0 Å². The third-order valence-electron chi connectivity index (χ3n) is 4.63. The maximum atomic E-state index is 9.75. The predicted octanol–water partition coefficient (Wildman–Crippen LogP) is 6.04. The van der Waals surface area contributed by atoms with E-state index in [2.05, 4.69) is 59.8 Å². The van der Waals surface area contributed by atoms with Gasteiger partial charge in [-0.05, 0) is 34.5 Å². The van der Waals surface area contributed by atoms with Gasteiger partial charge in [-0.2, -0.15) is 5.26 Å². The number of fused-ring (bicyclic) bond motifs is 2. The Kier molecular flexibility index (Phi) is 4.13. The second kappa shape index (κ2) is 6.74. The number of rotatable bonds is 4. The fourth-order valence-corrected chi connectivity index (χ4v) is 3.37. The lowest BCUT2D eigenvalue weighted by atomic mass is 10.00. The molecule has 0 saturated heterocycles. The van der Waals surface area contributed by atoms with Crippen LogP contribution in [0.1, 0.15) is 11.1 Å². The van der Waals surface area contributed by atoms with Crippen LogP contribution in [0.15, 0.2) is 85.6 Å². The SMILES string of the molecule is C=CCn1cc(C=C(C#N)c2ccc3ccccc3c2)c2ccccc21. The number of aromatic nitrogens is 1. The molecule has 0 aliphatic heterocycles. The minimum Gasteiger partial charge on any atom is -0.343 e. The Morgan fingerprint density at radius 1 is 1.00 bits per heavy atom. The lowest BCUT2D eigenvalue weighted by Crippen LogP contribution is -1.91. The number of nitriles is 1. The van der Waals surface area contributed by atoms with E-state index in [1.54, 1.807) is 0 Å². The molecule has 0 radical (unpaired) electrons. The van der Waals surface area contributed by atoms with Crippen LogP contribution in [0.5, 0.6) is 0 Å². The van der Waals surface area contributed by atoms with Crippen LogP contribution in [0.4, 0.5) is 0 Å². The summed E-state index contributed by atoms with van der Waals surface area (Å²) in [7, 11) is 0. The van der Waals surface area contributed by atoms with Crippen LogP contribution in [0.2, 0.25) is 0 Å². The van der Waals surface area contributed by atoms with Crippen molar-refractivity contribution < 1.29 is 0 Å². The molecule has 0 aliphatic carbocycles. The minimum atomic E-state index is 0.664. The molecule has 4 aromatic rings. The molecule has 124 valence electrons. The molecule has 2 nitrogen and oxygen atoms in total. The maximum Gasteiger partial charge on any atom is 0.0998 e. The van der Waals surface area contributed by atoms with Crippen molar-refractivity contribution in [2.75, 3.05) is 0 Å². The highest BCUT2D eigenvalue weighted by molar-refractivity contribution is 5.99. The fourth-order valence-electron chi connectivity index (χ4n) is 3.37. The second-order valence-corrected chi connectivity index (χ2v) is 6.27. The molecule has 1 heterocycles. The fraction of sp³-hybridized carbons (Fsp3) is 0.0417. The molecule has 0 aliphatic rings. The van der Waals surface area contributed by atoms with Crippen molar-refractivity contribution in [2.45, 2.75) is 6.54 Å². The summed E-state index contributed by atoms with van der Waals surface area (Å²) >= 11 is 0. The van der Waals surface area contributed by atoms with Gasteiger partial charge in [0.1, 0.15) is 0 Å². The van der Waals surface area contributed by atoms with E-state index in [4.69, 9.17) is 0 Å². The van der Waals surface area contributed by atoms with Gasteiger partial charge < -0.3 is 4.57 Å². The van der Waals surface area contributed by atoms with Gasteiger partial charge in [-0.1, -0.05) is 60.7 Å². The molecule has 26 heavy (non-hydrogen) atoms. The molecule has 1 aromatic heterocycles. The lowest BCUT2D eigenvalue weighted by Gasteiger charge is -2.02. The van der Waals surface area contributed by atoms with Gasteiger partial charge in [0.2, 0.25) is 0 Å². The zero-order valence-electron chi connectivity index (χ0n) is 14.4. The zero-order chi connectivity index (χ0) is 17.9. The Hall–Kier alpha value is -3.57. The van der Waals surface area contributed by atoms with Gasteiger partial charge in [0.05, 0.1) is 11.6 Å². The van der Waals surface area contributed by atoms with Crippen LogP contribution in [0.25, 0.3) is 33.3 Å². The largest absolute Gasteiger partial charge is 0.343 e. The molecule has 0 spiro atoms. The van der Waals surface area contributed by atoms with Gasteiger partial charge in [-0.15, -0.1) is 6.58 Å². The number of nitrogens with zero attached hydrogens (tertiary/aromatic N) is 2. The maximum absolute atomic E-state index is 9.75. The molecule has 0 fully saturated rings. The number of benzene rings is 3. The van der Waals surface area contributed by atoms with E-state index in [1.807, 2.05) is 42.5 Å². The van der Waals surface area contributed by atoms with E-state index in [0.29, 0.717) is 5.57 Å². The van der Waals surface area contributed by atoms with E-state index < -0.39 is 0 Å². The van der Waals surface area contributed by atoms with Gasteiger partial charge >= 0.3 is 0 Å². The van der Waals surface area contributed by atoms with Crippen molar-refractivity contribution in [3.63, 3.8) is 0 Å². The van der Waals surface area contributed by atoms with Crippen LogP contribution in [0, 0.1) is 11.3 Å². The van der Waals surface area contributed by atoms with Gasteiger partial charge in [0.15, 0.2) is 0 Å². The molecular weight excluding hydrogens is 316 g/mol. The molecule has 0 N–H and O–H groups in total. The minimum absolute atomic E-state index is 0.664. The first-order chi connectivity index (χ1) is 12.8. The molecule has 4 rings (SSSR count). The summed E-state index contributed by atoms with van der Waals surface area (Å²) in [4.78, 5) is 0. The smallest absolute Gasteiger partial charge is 0.0998 e. The van der Waals surface area contributed by atoms with E-state index >= 15 is 0 Å². The van der Waals surface area contributed by atoms with Gasteiger partial charge in [-0.25, -0.2) is 0 Å². The lowest BCUT2D eigenvalue weighted by molar-refractivity contribution is 0.865. The highest BCUT2D eigenvalue weighted by atomic mass is 14.9. The van der Waals surface area contributed by atoms with Crippen molar-refractivity contribution >= 4 is 33.3 Å². The average molecular weight is 334 g/mol. The van der Waals surface area contributed by atoms with Gasteiger partial charge in [-0.3, -0.25) is 0 Å². The zero-order valence-corrected chi connectivity index (χ0v) is 14.4.